The van der Waals surface area contributed by atoms with Crippen LogP contribution in [0.5, 0.6) is 0 Å². The van der Waals surface area contributed by atoms with Crippen molar-refractivity contribution in [3.05, 3.63) is 35.4 Å². The Hall–Kier alpha value is -0.820. The fraction of sp³-hybridized carbons (Fsp3) is 0.600. The molecule has 1 aliphatic rings. The summed E-state index contributed by atoms with van der Waals surface area (Å²) in [5.41, 5.74) is 3.09. The maximum absolute atomic E-state index is 3.65. The fourth-order valence-electron chi connectivity index (χ4n) is 2.58. The lowest BCUT2D eigenvalue weighted by Crippen LogP contribution is -2.29. The van der Waals surface area contributed by atoms with E-state index in [2.05, 4.69) is 43.4 Å². The zero-order chi connectivity index (χ0) is 11.4. The summed E-state index contributed by atoms with van der Waals surface area (Å²) in [4.78, 5) is 0. The summed E-state index contributed by atoms with van der Waals surface area (Å²) in [6.07, 6.45) is 5.16. The minimum Gasteiger partial charge on any atom is -0.310 e. The lowest BCUT2D eigenvalue weighted by atomic mass is 9.90. The van der Waals surface area contributed by atoms with Gasteiger partial charge in [-0.15, -0.1) is 0 Å². The molecule has 16 heavy (non-hydrogen) atoms. The Morgan fingerprint density at radius 2 is 2.12 bits per heavy atom. The van der Waals surface area contributed by atoms with E-state index in [0.717, 1.165) is 12.5 Å². The second kappa shape index (κ2) is 5.49. The Kier molecular flexibility index (Phi) is 4.00. The molecule has 1 N–H and O–H groups in total. The van der Waals surface area contributed by atoms with Crippen LogP contribution in [0.1, 0.15) is 50.3 Å². The van der Waals surface area contributed by atoms with Gasteiger partial charge < -0.3 is 5.32 Å². The van der Waals surface area contributed by atoms with E-state index < -0.39 is 0 Å². The number of nitrogens with one attached hydrogen (secondary N) is 1. The number of fused-ring (bicyclic) bond motifs is 1. The van der Waals surface area contributed by atoms with Gasteiger partial charge in [0.2, 0.25) is 0 Å². The molecule has 1 heterocycles. The van der Waals surface area contributed by atoms with Crippen molar-refractivity contribution in [2.24, 2.45) is 5.92 Å². The molecular formula is C15H23N. The summed E-state index contributed by atoms with van der Waals surface area (Å²) in [6.45, 7) is 5.76. The van der Waals surface area contributed by atoms with Gasteiger partial charge in [0, 0.05) is 6.04 Å². The quantitative estimate of drug-likeness (QED) is 0.811. The van der Waals surface area contributed by atoms with Crippen molar-refractivity contribution >= 4 is 0 Å². The van der Waals surface area contributed by atoms with Crippen LogP contribution in [0.25, 0.3) is 0 Å². The second-order valence-electron chi connectivity index (χ2n) is 5.28. The van der Waals surface area contributed by atoms with Gasteiger partial charge in [-0.3, -0.25) is 0 Å². The summed E-state index contributed by atoms with van der Waals surface area (Å²) < 4.78 is 0. The Bertz CT molecular complexity index is 330. The van der Waals surface area contributed by atoms with Crippen molar-refractivity contribution < 1.29 is 0 Å². The van der Waals surface area contributed by atoms with Crippen LogP contribution in [-0.4, -0.2) is 6.54 Å². The Labute approximate surface area is 99.3 Å². The van der Waals surface area contributed by atoms with E-state index in [9.17, 15) is 0 Å². The highest BCUT2D eigenvalue weighted by Gasteiger charge is 2.18. The topological polar surface area (TPSA) is 12.0 Å². The first-order valence-electron chi connectivity index (χ1n) is 6.58. The summed E-state index contributed by atoms with van der Waals surface area (Å²) in [6, 6.07) is 9.51. The van der Waals surface area contributed by atoms with E-state index in [1.165, 1.54) is 31.2 Å². The van der Waals surface area contributed by atoms with Crippen LogP contribution in [0.15, 0.2) is 24.3 Å². The maximum Gasteiger partial charge on any atom is 0.0323 e. The molecule has 0 radical (unpaired) electrons. The van der Waals surface area contributed by atoms with Gasteiger partial charge in [-0.1, -0.05) is 51.0 Å². The molecular weight excluding hydrogens is 194 g/mol. The summed E-state index contributed by atoms with van der Waals surface area (Å²) in [7, 11) is 0. The first-order valence-corrected chi connectivity index (χ1v) is 6.58. The van der Waals surface area contributed by atoms with Gasteiger partial charge in [-0.05, 0) is 36.4 Å². The average molecular weight is 217 g/mol. The molecule has 1 atom stereocenters. The zero-order valence-corrected chi connectivity index (χ0v) is 10.5. The molecule has 0 amide bonds. The van der Waals surface area contributed by atoms with E-state index in [0.29, 0.717) is 6.04 Å². The maximum atomic E-state index is 3.65. The van der Waals surface area contributed by atoms with Crippen molar-refractivity contribution in [2.45, 2.75) is 45.6 Å². The van der Waals surface area contributed by atoms with Gasteiger partial charge in [0.15, 0.2) is 0 Å². The lowest BCUT2D eigenvalue weighted by Gasteiger charge is -2.27. The minimum atomic E-state index is 0.601. The second-order valence-corrected chi connectivity index (χ2v) is 5.28. The largest absolute Gasteiger partial charge is 0.310 e. The van der Waals surface area contributed by atoms with Crippen molar-refractivity contribution in [3.63, 3.8) is 0 Å². The predicted molar refractivity (Wildman–Crippen MR) is 69.6 cm³/mol. The van der Waals surface area contributed by atoms with Crippen LogP contribution in [0.4, 0.5) is 0 Å². The molecule has 0 bridgehead atoms. The Morgan fingerprint density at radius 1 is 1.31 bits per heavy atom. The fourth-order valence-corrected chi connectivity index (χ4v) is 2.58. The third-order valence-electron chi connectivity index (χ3n) is 3.49. The van der Waals surface area contributed by atoms with Gasteiger partial charge in [-0.25, -0.2) is 0 Å². The summed E-state index contributed by atoms with van der Waals surface area (Å²) in [5, 5.41) is 3.65. The molecule has 1 aliphatic heterocycles. The Morgan fingerprint density at radius 3 is 2.94 bits per heavy atom. The van der Waals surface area contributed by atoms with Crippen LogP contribution in [-0.2, 0) is 6.42 Å². The van der Waals surface area contributed by atoms with E-state index >= 15 is 0 Å². The highest BCUT2D eigenvalue weighted by Crippen LogP contribution is 2.27. The van der Waals surface area contributed by atoms with Crippen LogP contribution in [0, 0.1) is 5.92 Å². The monoisotopic (exact) mass is 217 g/mol. The van der Waals surface area contributed by atoms with Gasteiger partial charge in [0.25, 0.3) is 0 Å². The average Bonchev–Trinajstić information content (AvgIpc) is 2.29. The van der Waals surface area contributed by atoms with Crippen molar-refractivity contribution in [3.8, 4) is 0 Å². The third kappa shape index (κ3) is 2.85. The van der Waals surface area contributed by atoms with E-state index in [4.69, 9.17) is 0 Å². The highest BCUT2D eigenvalue weighted by atomic mass is 14.9. The van der Waals surface area contributed by atoms with Gasteiger partial charge in [0.1, 0.15) is 0 Å². The van der Waals surface area contributed by atoms with Crippen LogP contribution in [0.3, 0.4) is 0 Å². The van der Waals surface area contributed by atoms with E-state index in [1.807, 2.05) is 0 Å². The number of rotatable bonds is 4. The SMILES string of the molecule is CC(C)CCCC1NCCc2ccccc21. The predicted octanol–water partition coefficient (Wildman–Crippen LogP) is 3.70. The first-order chi connectivity index (χ1) is 7.77. The molecule has 0 saturated carbocycles. The van der Waals surface area contributed by atoms with E-state index in [-0.39, 0.29) is 0 Å². The zero-order valence-electron chi connectivity index (χ0n) is 10.5. The van der Waals surface area contributed by atoms with Crippen molar-refractivity contribution in [1.82, 2.24) is 5.32 Å². The molecule has 1 nitrogen and oxygen atoms in total. The minimum absolute atomic E-state index is 0.601. The number of hydrogen-bond donors (Lipinski definition) is 1. The molecule has 1 aromatic carbocycles. The third-order valence-corrected chi connectivity index (χ3v) is 3.49. The normalized spacial score (nSPS) is 19.8. The number of benzene rings is 1. The molecule has 88 valence electrons. The van der Waals surface area contributed by atoms with Gasteiger partial charge in [-0.2, -0.15) is 0 Å². The molecule has 0 fully saturated rings. The summed E-state index contributed by atoms with van der Waals surface area (Å²) in [5.74, 6) is 0.832. The highest BCUT2D eigenvalue weighted by molar-refractivity contribution is 5.32. The molecule has 0 aromatic heterocycles. The molecule has 1 heteroatoms. The van der Waals surface area contributed by atoms with Crippen LogP contribution < -0.4 is 5.32 Å². The Balaban J connectivity index is 1.96. The molecule has 0 spiro atoms. The van der Waals surface area contributed by atoms with Crippen molar-refractivity contribution in [2.75, 3.05) is 6.54 Å². The van der Waals surface area contributed by atoms with Gasteiger partial charge in [0.05, 0.1) is 0 Å². The van der Waals surface area contributed by atoms with Crippen molar-refractivity contribution in [1.29, 1.82) is 0 Å². The lowest BCUT2D eigenvalue weighted by molar-refractivity contribution is 0.433. The summed E-state index contributed by atoms with van der Waals surface area (Å²) >= 11 is 0. The standard InChI is InChI=1S/C15H23N/c1-12(2)6-5-9-15-14-8-4-3-7-13(14)10-11-16-15/h3-4,7-8,12,15-16H,5-6,9-11H2,1-2H3. The molecule has 0 saturated heterocycles. The smallest absolute Gasteiger partial charge is 0.0323 e. The van der Waals surface area contributed by atoms with E-state index in [1.54, 1.807) is 5.56 Å². The van der Waals surface area contributed by atoms with Crippen LogP contribution >= 0.6 is 0 Å². The van der Waals surface area contributed by atoms with Gasteiger partial charge >= 0.3 is 0 Å². The molecule has 2 rings (SSSR count). The molecule has 1 aromatic rings. The molecule has 0 aliphatic carbocycles. The number of hydrogen-bond acceptors (Lipinski definition) is 1. The first kappa shape index (κ1) is 11.7. The molecule has 1 unspecified atom stereocenters. The van der Waals surface area contributed by atoms with Crippen LogP contribution in [0.2, 0.25) is 0 Å².